The summed E-state index contributed by atoms with van der Waals surface area (Å²) in [5, 5.41) is 0.458. The summed E-state index contributed by atoms with van der Waals surface area (Å²) >= 11 is 3.37. The minimum Gasteiger partial charge on any atom is -0.298 e. The molecular weight excluding hydrogens is 380 g/mol. The van der Waals surface area contributed by atoms with Crippen molar-refractivity contribution in [2.24, 2.45) is 34.5 Å². The fourth-order valence-electron chi connectivity index (χ4n) is 7.04. The highest BCUT2D eigenvalue weighted by molar-refractivity contribution is 9.09. The summed E-state index contributed by atoms with van der Waals surface area (Å²) in [5.41, 5.74) is 0.747. The molecule has 0 bridgehead atoms. The fraction of sp³-hybridized carbons (Fsp3) is 0.762. The lowest BCUT2D eigenvalue weighted by atomic mass is 9.46. The van der Waals surface area contributed by atoms with Crippen molar-refractivity contribution in [2.75, 3.05) is 5.33 Å². The average Bonchev–Trinajstić information content (AvgIpc) is 2.93. The number of hydrogen-bond donors (Lipinski definition) is 0. The molecule has 0 saturated heterocycles. The van der Waals surface area contributed by atoms with Crippen LogP contribution in [0.4, 0.5) is 0 Å². The molecule has 4 rings (SSSR count). The fourth-order valence-corrected chi connectivity index (χ4v) is 7.43. The number of halogens is 1. The molecule has 0 amide bonds. The van der Waals surface area contributed by atoms with Crippen LogP contribution in [0.15, 0.2) is 11.6 Å². The summed E-state index contributed by atoms with van der Waals surface area (Å²) in [7, 11) is 0. The Hall–Kier alpha value is -0.770. The molecule has 0 heterocycles. The number of rotatable bonds is 2. The third kappa shape index (κ3) is 2.32. The van der Waals surface area contributed by atoms with E-state index in [1.165, 1.54) is 0 Å². The van der Waals surface area contributed by atoms with Crippen LogP contribution in [-0.2, 0) is 14.4 Å². The quantitative estimate of drug-likeness (QED) is 0.507. The minimum absolute atomic E-state index is 0.0135. The zero-order valence-corrected chi connectivity index (χ0v) is 16.7. The van der Waals surface area contributed by atoms with E-state index in [1.54, 1.807) is 6.08 Å². The third-order valence-electron chi connectivity index (χ3n) is 8.36. The summed E-state index contributed by atoms with van der Waals surface area (Å²) in [4.78, 5) is 37.2. The first-order valence-corrected chi connectivity index (χ1v) is 10.8. The van der Waals surface area contributed by atoms with E-state index >= 15 is 0 Å². The Morgan fingerprint density at radius 2 is 1.92 bits per heavy atom. The van der Waals surface area contributed by atoms with Gasteiger partial charge in [0.05, 0.1) is 17.2 Å². The van der Waals surface area contributed by atoms with Crippen molar-refractivity contribution < 1.29 is 14.4 Å². The molecule has 4 aliphatic rings. The SMILES string of the molecule is C[C@]12C(=O)CC(=O)C=C1CC[C@@H]1[C@@H]2CC[C@]2(C)[C@@H](C(=O)CBr)CC[C@@H]12. The maximum atomic E-state index is 12.9. The van der Waals surface area contributed by atoms with E-state index in [0.29, 0.717) is 28.9 Å². The number of ketones is 3. The Bertz CT molecular complexity index is 681. The van der Waals surface area contributed by atoms with Crippen molar-refractivity contribution >= 4 is 33.3 Å². The van der Waals surface area contributed by atoms with Gasteiger partial charge in [-0.2, -0.15) is 0 Å². The van der Waals surface area contributed by atoms with E-state index < -0.39 is 5.41 Å². The van der Waals surface area contributed by atoms with Crippen molar-refractivity contribution in [1.29, 1.82) is 0 Å². The van der Waals surface area contributed by atoms with Gasteiger partial charge in [-0.15, -0.1) is 0 Å². The molecule has 4 aliphatic carbocycles. The summed E-state index contributed by atoms with van der Waals surface area (Å²) in [6.07, 6.45) is 7.96. The molecule has 3 saturated carbocycles. The van der Waals surface area contributed by atoms with Crippen molar-refractivity contribution in [3.8, 4) is 0 Å². The summed E-state index contributed by atoms with van der Waals surface area (Å²) in [5.74, 6) is 2.06. The largest absolute Gasteiger partial charge is 0.298 e. The molecule has 0 spiro atoms. The van der Waals surface area contributed by atoms with Crippen molar-refractivity contribution in [2.45, 2.75) is 58.8 Å². The second-order valence-corrected chi connectivity index (χ2v) is 9.69. The Labute approximate surface area is 158 Å². The van der Waals surface area contributed by atoms with Crippen LogP contribution in [0.2, 0.25) is 0 Å². The standard InChI is InChI=1S/C21H27BrO3/c1-20-8-7-16-14(15(20)5-6-17(20)18(24)11-22)4-3-12-9-13(23)10-19(25)21(12,16)2/h9,14-17H,3-8,10-11H2,1-2H3/t14-,15-,16-,17+,20-,21-/m0/s1. The lowest BCUT2D eigenvalue weighted by molar-refractivity contribution is -0.142. The van der Waals surface area contributed by atoms with Crippen LogP contribution in [0.5, 0.6) is 0 Å². The molecule has 4 heteroatoms. The first-order valence-electron chi connectivity index (χ1n) is 9.68. The molecule has 0 radical (unpaired) electrons. The third-order valence-corrected chi connectivity index (χ3v) is 8.92. The first-order chi connectivity index (χ1) is 11.8. The normalized spacial score (nSPS) is 46.1. The Morgan fingerprint density at radius 3 is 2.64 bits per heavy atom. The van der Waals surface area contributed by atoms with Crippen molar-refractivity contribution in [1.82, 2.24) is 0 Å². The predicted octanol–water partition coefficient (Wildman–Crippen LogP) is 4.28. The highest BCUT2D eigenvalue weighted by Crippen LogP contribution is 2.66. The van der Waals surface area contributed by atoms with E-state index in [4.69, 9.17) is 0 Å². The van der Waals surface area contributed by atoms with Crippen LogP contribution in [0, 0.1) is 34.5 Å². The molecule has 0 aromatic rings. The number of allylic oxidation sites excluding steroid dienone is 1. The van der Waals surface area contributed by atoms with E-state index in [1.807, 2.05) is 0 Å². The lowest BCUT2D eigenvalue weighted by Crippen LogP contribution is -2.54. The molecule has 25 heavy (non-hydrogen) atoms. The molecule has 0 aromatic carbocycles. The summed E-state index contributed by atoms with van der Waals surface area (Å²) in [6, 6.07) is 0. The second-order valence-electron chi connectivity index (χ2n) is 9.13. The van der Waals surface area contributed by atoms with Gasteiger partial charge in [-0.25, -0.2) is 0 Å². The van der Waals surface area contributed by atoms with Gasteiger partial charge in [-0.3, -0.25) is 14.4 Å². The number of carbonyl (C=O) groups excluding carboxylic acids is 3. The molecule has 0 aromatic heterocycles. The van der Waals surface area contributed by atoms with Gasteiger partial charge in [0.15, 0.2) is 11.6 Å². The molecule has 0 unspecified atom stereocenters. The maximum Gasteiger partial charge on any atom is 0.163 e. The van der Waals surface area contributed by atoms with Gasteiger partial charge in [0, 0.05) is 5.92 Å². The van der Waals surface area contributed by atoms with Crippen LogP contribution in [-0.4, -0.2) is 22.7 Å². The lowest BCUT2D eigenvalue weighted by Gasteiger charge is -2.57. The second kappa shape index (κ2) is 5.87. The Kier molecular flexibility index (Phi) is 4.14. The maximum absolute atomic E-state index is 12.9. The smallest absolute Gasteiger partial charge is 0.163 e. The zero-order valence-electron chi connectivity index (χ0n) is 15.1. The van der Waals surface area contributed by atoms with Crippen molar-refractivity contribution in [3.05, 3.63) is 11.6 Å². The summed E-state index contributed by atoms with van der Waals surface area (Å²) < 4.78 is 0. The first kappa shape index (κ1) is 17.6. The van der Waals surface area contributed by atoms with Gasteiger partial charge in [0.1, 0.15) is 5.78 Å². The highest BCUT2D eigenvalue weighted by Gasteiger charge is 2.61. The van der Waals surface area contributed by atoms with Gasteiger partial charge in [-0.05, 0) is 74.7 Å². The van der Waals surface area contributed by atoms with Gasteiger partial charge < -0.3 is 0 Å². The molecule has 136 valence electrons. The number of alkyl halides is 1. The van der Waals surface area contributed by atoms with Gasteiger partial charge in [-0.1, -0.05) is 28.4 Å². The van der Waals surface area contributed by atoms with E-state index in [2.05, 4.69) is 29.8 Å². The Morgan fingerprint density at radius 1 is 1.16 bits per heavy atom. The van der Waals surface area contributed by atoms with Crippen LogP contribution < -0.4 is 0 Å². The van der Waals surface area contributed by atoms with Gasteiger partial charge >= 0.3 is 0 Å². The van der Waals surface area contributed by atoms with E-state index in [0.717, 1.165) is 44.1 Å². The van der Waals surface area contributed by atoms with E-state index in [-0.39, 0.29) is 29.3 Å². The monoisotopic (exact) mass is 406 g/mol. The number of Topliss-reactive ketones (excluding diaryl/α,β-unsaturated/α-hetero) is 2. The molecule has 0 N–H and O–H groups in total. The molecular formula is C21H27BrO3. The zero-order chi connectivity index (χ0) is 18.0. The topological polar surface area (TPSA) is 51.2 Å². The van der Waals surface area contributed by atoms with E-state index in [9.17, 15) is 14.4 Å². The van der Waals surface area contributed by atoms with Crippen LogP contribution in [0.25, 0.3) is 0 Å². The highest BCUT2D eigenvalue weighted by atomic mass is 79.9. The summed E-state index contributed by atoms with van der Waals surface area (Å²) in [6.45, 7) is 4.43. The van der Waals surface area contributed by atoms with Crippen LogP contribution in [0.1, 0.15) is 58.8 Å². The average molecular weight is 407 g/mol. The van der Waals surface area contributed by atoms with Crippen LogP contribution in [0.3, 0.4) is 0 Å². The number of carbonyl (C=O) groups is 3. The number of hydrogen-bond acceptors (Lipinski definition) is 3. The predicted molar refractivity (Wildman–Crippen MR) is 99.4 cm³/mol. The van der Waals surface area contributed by atoms with Crippen LogP contribution >= 0.6 is 15.9 Å². The Balaban J connectivity index is 1.69. The molecule has 6 atom stereocenters. The number of fused-ring (bicyclic) bond motifs is 5. The molecule has 3 fully saturated rings. The van der Waals surface area contributed by atoms with Gasteiger partial charge in [0.2, 0.25) is 0 Å². The van der Waals surface area contributed by atoms with Gasteiger partial charge in [0.25, 0.3) is 0 Å². The molecule has 3 nitrogen and oxygen atoms in total. The minimum atomic E-state index is -0.435. The van der Waals surface area contributed by atoms with Crippen molar-refractivity contribution in [3.63, 3.8) is 0 Å². The molecule has 0 aliphatic heterocycles.